The first-order valence-electron chi connectivity index (χ1n) is 42.0. The van der Waals surface area contributed by atoms with E-state index in [9.17, 15) is 43.2 Å². The van der Waals surface area contributed by atoms with Gasteiger partial charge in [0.1, 0.15) is 19.3 Å². The van der Waals surface area contributed by atoms with Crippen LogP contribution in [0.1, 0.15) is 427 Å². The van der Waals surface area contributed by atoms with Crippen molar-refractivity contribution in [3.63, 3.8) is 0 Å². The molecule has 0 amide bonds. The zero-order valence-corrected chi connectivity index (χ0v) is 67.3. The van der Waals surface area contributed by atoms with Crippen LogP contribution in [0.15, 0.2) is 0 Å². The summed E-state index contributed by atoms with van der Waals surface area (Å²) >= 11 is 0. The van der Waals surface area contributed by atoms with E-state index in [0.717, 1.165) is 102 Å². The van der Waals surface area contributed by atoms with Crippen molar-refractivity contribution in [2.75, 3.05) is 39.6 Å². The zero-order chi connectivity index (χ0) is 73.5. The van der Waals surface area contributed by atoms with E-state index in [2.05, 4.69) is 41.5 Å². The molecule has 594 valence electrons. The minimum absolute atomic E-state index is 0.106. The van der Waals surface area contributed by atoms with E-state index in [0.29, 0.717) is 31.6 Å². The lowest BCUT2D eigenvalue weighted by Crippen LogP contribution is -2.30. The number of carbonyl (C=O) groups is 4. The van der Waals surface area contributed by atoms with Gasteiger partial charge in [-0.1, -0.05) is 375 Å². The number of esters is 4. The van der Waals surface area contributed by atoms with Crippen molar-refractivity contribution in [2.45, 2.75) is 445 Å². The van der Waals surface area contributed by atoms with Crippen LogP contribution in [-0.2, 0) is 65.4 Å². The summed E-state index contributed by atoms with van der Waals surface area (Å²) in [5.74, 6) is -0.602. The summed E-state index contributed by atoms with van der Waals surface area (Å²) in [6.45, 7) is 9.60. The van der Waals surface area contributed by atoms with Crippen molar-refractivity contribution in [3.8, 4) is 0 Å². The van der Waals surface area contributed by atoms with Crippen molar-refractivity contribution in [1.29, 1.82) is 0 Å². The summed E-state index contributed by atoms with van der Waals surface area (Å²) in [6.07, 6.45) is 62.5. The van der Waals surface area contributed by atoms with Crippen LogP contribution in [0, 0.1) is 11.8 Å². The van der Waals surface area contributed by atoms with Gasteiger partial charge in [0, 0.05) is 25.7 Å². The van der Waals surface area contributed by atoms with E-state index in [1.54, 1.807) is 0 Å². The van der Waals surface area contributed by atoms with Gasteiger partial charge in [-0.2, -0.15) is 0 Å². The zero-order valence-electron chi connectivity index (χ0n) is 65.5. The highest BCUT2D eigenvalue weighted by Crippen LogP contribution is 2.45. The fourth-order valence-corrected chi connectivity index (χ4v) is 14.1. The molecular formula is C81H158O17P2. The number of ether oxygens (including phenoxy) is 4. The van der Waals surface area contributed by atoms with Gasteiger partial charge in [-0.3, -0.25) is 37.3 Å². The van der Waals surface area contributed by atoms with Gasteiger partial charge in [-0.15, -0.1) is 0 Å². The molecule has 0 radical (unpaired) electrons. The number of aliphatic hydroxyl groups is 1. The Kier molecular flexibility index (Phi) is 71.2. The van der Waals surface area contributed by atoms with Crippen LogP contribution in [-0.4, -0.2) is 96.7 Å². The minimum atomic E-state index is -4.96. The SMILES string of the molecule is CCCCCCCCCCCCCCCCCCCCCCCC(=O)O[C@H](COC(=O)CCCCCCCCCCCCCCCCC)COP(=O)(O)OC[C@@H](O)COP(=O)(O)OC[C@@H](COC(=O)CCCCCCCCCC(C)C)OC(=O)CCCCCCCCCCCCC(C)CC. The van der Waals surface area contributed by atoms with Gasteiger partial charge >= 0.3 is 39.5 Å². The molecule has 0 aliphatic rings. The highest BCUT2D eigenvalue weighted by Gasteiger charge is 2.30. The highest BCUT2D eigenvalue weighted by atomic mass is 31.2. The van der Waals surface area contributed by atoms with Crippen LogP contribution < -0.4 is 0 Å². The van der Waals surface area contributed by atoms with Crippen LogP contribution in [0.5, 0.6) is 0 Å². The molecule has 0 aliphatic heterocycles. The maximum atomic E-state index is 13.1. The average molecular weight is 1470 g/mol. The van der Waals surface area contributed by atoms with Crippen molar-refractivity contribution in [3.05, 3.63) is 0 Å². The minimum Gasteiger partial charge on any atom is -0.462 e. The van der Waals surface area contributed by atoms with E-state index in [1.165, 1.54) is 238 Å². The van der Waals surface area contributed by atoms with Crippen molar-refractivity contribution < 1.29 is 80.2 Å². The lowest BCUT2D eigenvalue weighted by Gasteiger charge is -2.21. The number of phosphoric ester groups is 2. The van der Waals surface area contributed by atoms with Crippen LogP contribution in [0.3, 0.4) is 0 Å². The largest absolute Gasteiger partial charge is 0.472 e. The van der Waals surface area contributed by atoms with Gasteiger partial charge in [-0.25, -0.2) is 9.13 Å². The fourth-order valence-electron chi connectivity index (χ4n) is 12.5. The summed E-state index contributed by atoms with van der Waals surface area (Å²) in [4.78, 5) is 73.0. The maximum absolute atomic E-state index is 13.1. The predicted molar refractivity (Wildman–Crippen MR) is 409 cm³/mol. The third kappa shape index (κ3) is 73.0. The molecule has 0 rings (SSSR count). The van der Waals surface area contributed by atoms with Crippen LogP contribution in [0.2, 0.25) is 0 Å². The Morgan fingerprint density at radius 2 is 0.510 bits per heavy atom. The maximum Gasteiger partial charge on any atom is 0.472 e. The Hall–Kier alpha value is -1.94. The number of rotatable bonds is 80. The average Bonchev–Trinajstić information content (AvgIpc) is 0.924. The fraction of sp³-hybridized carbons (Fsp3) is 0.951. The Morgan fingerprint density at radius 3 is 0.760 bits per heavy atom. The molecule has 0 aliphatic carbocycles. The van der Waals surface area contributed by atoms with Gasteiger partial charge in [0.15, 0.2) is 12.2 Å². The molecule has 17 nitrogen and oxygen atoms in total. The summed E-state index contributed by atoms with van der Waals surface area (Å²) in [6, 6.07) is 0. The lowest BCUT2D eigenvalue weighted by atomic mass is 9.99. The van der Waals surface area contributed by atoms with E-state index < -0.39 is 97.5 Å². The second-order valence-electron chi connectivity index (χ2n) is 29.9. The molecule has 100 heavy (non-hydrogen) atoms. The Bertz CT molecular complexity index is 1930. The normalized spacial score (nSPS) is 14.2. The molecule has 3 N–H and O–H groups in total. The van der Waals surface area contributed by atoms with E-state index in [-0.39, 0.29) is 25.7 Å². The van der Waals surface area contributed by atoms with Crippen molar-refractivity contribution in [1.82, 2.24) is 0 Å². The standard InChI is InChI=1S/C81H158O17P2/c1-7-10-12-14-16-18-20-22-24-25-26-27-28-29-31-33-35-40-46-53-59-65-80(85)97-76(69-91-78(83)63-57-51-45-39-34-32-30-23-21-19-17-15-13-11-8-2)71-95-99(87,88)93-67-75(82)68-94-100(89,90)96-72-77(70-92-79(84)64-58-52-48-42-43-49-55-61-73(4)5)98-81(86)66-60-54-47-41-37-36-38-44-50-56-62-74(6)9-3/h73-77,82H,7-72H2,1-6H3,(H,87,88)(H,89,90)/t74?,75-,76-,77-/m1/s1. The smallest absolute Gasteiger partial charge is 0.462 e. The Labute approximate surface area is 613 Å². The molecule has 6 atom stereocenters. The van der Waals surface area contributed by atoms with Crippen molar-refractivity contribution >= 4 is 39.5 Å². The second kappa shape index (κ2) is 72.6. The second-order valence-corrected chi connectivity index (χ2v) is 32.8. The van der Waals surface area contributed by atoms with Gasteiger partial charge in [0.2, 0.25) is 0 Å². The number of unbranched alkanes of at least 4 members (excludes halogenated alkanes) is 49. The molecule has 0 aromatic carbocycles. The molecule has 0 saturated heterocycles. The predicted octanol–water partition coefficient (Wildman–Crippen LogP) is 24.3. The molecule has 0 bridgehead atoms. The molecule has 3 unspecified atom stereocenters. The van der Waals surface area contributed by atoms with Crippen LogP contribution in [0.4, 0.5) is 0 Å². The molecule has 0 aromatic rings. The summed E-state index contributed by atoms with van der Waals surface area (Å²) < 4.78 is 68.7. The molecule has 0 spiro atoms. The monoisotopic (exact) mass is 1470 g/mol. The first-order chi connectivity index (χ1) is 48.4. The Morgan fingerprint density at radius 1 is 0.290 bits per heavy atom. The number of hydrogen-bond acceptors (Lipinski definition) is 15. The molecule has 0 fully saturated rings. The molecule has 0 heterocycles. The van der Waals surface area contributed by atoms with E-state index in [4.69, 9.17) is 37.0 Å². The molecular weight excluding hydrogens is 1310 g/mol. The van der Waals surface area contributed by atoms with Crippen molar-refractivity contribution in [2.24, 2.45) is 11.8 Å². The lowest BCUT2D eigenvalue weighted by molar-refractivity contribution is -0.161. The molecule has 0 aromatic heterocycles. The molecule has 19 heteroatoms. The first-order valence-corrected chi connectivity index (χ1v) is 45.0. The summed E-state index contributed by atoms with van der Waals surface area (Å²) in [5, 5.41) is 10.6. The van der Waals surface area contributed by atoms with E-state index >= 15 is 0 Å². The quantitative estimate of drug-likeness (QED) is 0.0222. The number of carbonyl (C=O) groups excluding carboxylic acids is 4. The van der Waals surface area contributed by atoms with Crippen LogP contribution in [0.25, 0.3) is 0 Å². The summed E-state index contributed by atoms with van der Waals surface area (Å²) in [5.41, 5.74) is 0. The van der Waals surface area contributed by atoms with Gasteiger partial charge < -0.3 is 33.8 Å². The van der Waals surface area contributed by atoms with Gasteiger partial charge in [0.05, 0.1) is 26.4 Å². The number of phosphoric acid groups is 2. The first kappa shape index (κ1) is 98.1. The van der Waals surface area contributed by atoms with Gasteiger partial charge in [-0.05, 0) is 37.5 Å². The number of aliphatic hydroxyl groups excluding tert-OH is 1. The van der Waals surface area contributed by atoms with E-state index in [1.807, 2.05) is 0 Å². The summed E-state index contributed by atoms with van der Waals surface area (Å²) in [7, 11) is -9.92. The third-order valence-corrected chi connectivity index (χ3v) is 21.2. The number of hydrogen-bond donors (Lipinski definition) is 3. The Balaban J connectivity index is 5.22. The topological polar surface area (TPSA) is 237 Å². The van der Waals surface area contributed by atoms with Crippen LogP contribution >= 0.6 is 15.6 Å². The van der Waals surface area contributed by atoms with Gasteiger partial charge in [0.25, 0.3) is 0 Å². The molecule has 0 saturated carbocycles. The highest BCUT2D eigenvalue weighted by molar-refractivity contribution is 7.47. The third-order valence-electron chi connectivity index (χ3n) is 19.3.